The van der Waals surface area contributed by atoms with Crippen LogP contribution in [-0.4, -0.2) is 67.9 Å². The van der Waals surface area contributed by atoms with Gasteiger partial charge in [0.2, 0.25) is 0 Å². The minimum Gasteiger partial charge on any atom is -0.336 e. The van der Waals surface area contributed by atoms with Gasteiger partial charge in [0.15, 0.2) is 9.84 Å². The highest BCUT2D eigenvalue weighted by Gasteiger charge is 2.36. The highest BCUT2D eigenvalue weighted by Crippen LogP contribution is 2.21. The molecule has 2 aliphatic rings. The lowest BCUT2D eigenvalue weighted by Crippen LogP contribution is -2.60. The maximum absolute atomic E-state index is 12.8. The summed E-state index contributed by atoms with van der Waals surface area (Å²) in [6, 6.07) is 5.70. The molecule has 0 spiro atoms. The Morgan fingerprint density at radius 2 is 1.95 bits per heavy atom. The molecule has 1 amide bonds. The Morgan fingerprint density at radius 3 is 2.73 bits per heavy atom. The van der Waals surface area contributed by atoms with E-state index in [2.05, 4.69) is 4.90 Å². The number of hydrogen-bond donors (Lipinski definition) is 0. The Morgan fingerprint density at radius 1 is 1.18 bits per heavy atom. The number of carbonyl (C=O) groups is 1. The van der Waals surface area contributed by atoms with Gasteiger partial charge in [0.1, 0.15) is 0 Å². The van der Waals surface area contributed by atoms with Gasteiger partial charge in [0, 0.05) is 37.8 Å². The Balaban J connectivity index is 1.79. The van der Waals surface area contributed by atoms with Crippen LogP contribution in [0.1, 0.15) is 21.5 Å². The van der Waals surface area contributed by atoms with Crippen LogP contribution >= 0.6 is 0 Å². The van der Waals surface area contributed by atoms with Crippen LogP contribution in [0.3, 0.4) is 0 Å². The van der Waals surface area contributed by atoms with E-state index in [1.54, 1.807) is 0 Å². The maximum Gasteiger partial charge on any atom is 0.254 e. The van der Waals surface area contributed by atoms with E-state index in [1.807, 2.05) is 36.9 Å². The summed E-state index contributed by atoms with van der Waals surface area (Å²) in [7, 11) is -2.96. The number of carbonyl (C=O) groups excluding carboxylic acids is 1. The molecule has 2 fully saturated rings. The van der Waals surface area contributed by atoms with E-state index in [4.69, 9.17) is 0 Å². The molecule has 2 aliphatic heterocycles. The Bertz CT molecular complexity index is 699. The number of sulfone groups is 1. The predicted molar refractivity (Wildman–Crippen MR) is 85.8 cm³/mol. The number of benzene rings is 1. The van der Waals surface area contributed by atoms with Crippen LogP contribution < -0.4 is 0 Å². The molecule has 0 N–H and O–H groups in total. The quantitative estimate of drug-likeness (QED) is 0.769. The monoisotopic (exact) mass is 322 g/mol. The molecule has 0 unspecified atom stereocenters. The summed E-state index contributed by atoms with van der Waals surface area (Å²) in [5.41, 5.74) is 2.84. The fourth-order valence-corrected chi connectivity index (χ4v) is 4.90. The van der Waals surface area contributed by atoms with E-state index in [0.29, 0.717) is 19.6 Å². The fourth-order valence-electron chi connectivity index (χ4n) is 3.32. The van der Waals surface area contributed by atoms with Crippen LogP contribution in [0.5, 0.6) is 0 Å². The van der Waals surface area contributed by atoms with Crippen molar-refractivity contribution in [1.82, 2.24) is 9.80 Å². The first-order chi connectivity index (χ1) is 10.4. The van der Waals surface area contributed by atoms with Gasteiger partial charge in [-0.05, 0) is 31.0 Å². The van der Waals surface area contributed by atoms with Crippen molar-refractivity contribution in [2.24, 2.45) is 0 Å². The molecule has 1 aromatic rings. The molecule has 0 radical (unpaired) electrons. The molecular formula is C16H22N2O3S. The van der Waals surface area contributed by atoms with Gasteiger partial charge in [-0.1, -0.05) is 12.1 Å². The van der Waals surface area contributed by atoms with Crippen LogP contribution in [0.4, 0.5) is 0 Å². The van der Waals surface area contributed by atoms with Gasteiger partial charge in [0.25, 0.3) is 5.91 Å². The third-order valence-corrected chi connectivity index (χ3v) is 6.56. The molecule has 0 aliphatic carbocycles. The largest absolute Gasteiger partial charge is 0.336 e. The van der Waals surface area contributed by atoms with E-state index in [1.165, 1.54) is 0 Å². The van der Waals surface area contributed by atoms with Crippen LogP contribution in [-0.2, 0) is 9.84 Å². The lowest BCUT2D eigenvalue weighted by atomic mass is 10.0. The number of rotatable bonds is 1. The molecule has 1 aromatic carbocycles. The number of aryl methyl sites for hydroxylation is 1. The molecule has 120 valence electrons. The highest BCUT2D eigenvalue weighted by atomic mass is 32.2. The van der Waals surface area contributed by atoms with E-state index in [-0.39, 0.29) is 23.5 Å². The molecule has 0 bridgehead atoms. The molecule has 22 heavy (non-hydrogen) atoms. The van der Waals surface area contributed by atoms with Gasteiger partial charge < -0.3 is 4.90 Å². The van der Waals surface area contributed by atoms with Gasteiger partial charge in [-0.25, -0.2) is 8.42 Å². The Hall–Kier alpha value is -1.40. The molecular weight excluding hydrogens is 300 g/mol. The summed E-state index contributed by atoms with van der Waals surface area (Å²) < 4.78 is 23.6. The van der Waals surface area contributed by atoms with Crippen molar-refractivity contribution in [3.05, 3.63) is 34.9 Å². The number of nitrogens with zero attached hydrogens (tertiary/aromatic N) is 2. The molecule has 5 nitrogen and oxygen atoms in total. The lowest BCUT2D eigenvalue weighted by molar-refractivity contribution is 0.0520. The summed E-state index contributed by atoms with van der Waals surface area (Å²) in [5, 5.41) is 0. The first-order valence-electron chi connectivity index (χ1n) is 7.67. The van der Waals surface area contributed by atoms with Crippen molar-refractivity contribution in [2.75, 3.05) is 37.7 Å². The van der Waals surface area contributed by atoms with E-state index in [0.717, 1.165) is 23.2 Å². The average molecular weight is 322 g/mol. The Labute approximate surface area is 131 Å². The zero-order valence-corrected chi connectivity index (χ0v) is 13.9. The first kappa shape index (κ1) is 15.5. The van der Waals surface area contributed by atoms with E-state index >= 15 is 0 Å². The second kappa shape index (κ2) is 5.66. The SMILES string of the molecule is Cc1cccc(C(=O)N2CCN3CCS(=O)(=O)C[C@@H]3C2)c1C. The Kier molecular flexibility index (Phi) is 3.99. The lowest BCUT2D eigenvalue weighted by Gasteiger charge is -2.43. The molecule has 3 rings (SSSR count). The standard InChI is InChI=1S/C16H22N2O3S/c1-12-4-3-5-15(13(12)2)16(19)18-7-6-17-8-9-22(20,21)11-14(17)10-18/h3-5,14H,6-11H2,1-2H3/t14-/m0/s1. The van der Waals surface area contributed by atoms with E-state index < -0.39 is 9.84 Å². The smallest absolute Gasteiger partial charge is 0.254 e. The molecule has 1 atom stereocenters. The zero-order chi connectivity index (χ0) is 15.9. The van der Waals surface area contributed by atoms with Crippen molar-refractivity contribution in [3.8, 4) is 0 Å². The minimum atomic E-state index is -2.96. The van der Waals surface area contributed by atoms with Crippen molar-refractivity contribution in [1.29, 1.82) is 0 Å². The minimum absolute atomic E-state index is 0.0174. The molecule has 0 saturated carbocycles. The van der Waals surface area contributed by atoms with Gasteiger partial charge in [-0.3, -0.25) is 9.69 Å². The summed E-state index contributed by atoms with van der Waals surface area (Å²) >= 11 is 0. The third-order valence-electron chi connectivity index (χ3n) is 4.86. The normalized spacial score (nSPS) is 24.8. The summed E-state index contributed by atoms with van der Waals surface area (Å²) in [5.74, 6) is 0.432. The molecule has 2 heterocycles. The van der Waals surface area contributed by atoms with Gasteiger partial charge in [-0.2, -0.15) is 0 Å². The second-order valence-electron chi connectivity index (χ2n) is 6.30. The fraction of sp³-hybridized carbons (Fsp3) is 0.562. The molecule has 2 saturated heterocycles. The molecule has 6 heteroatoms. The van der Waals surface area contributed by atoms with Gasteiger partial charge >= 0.3 is 0 Å². The van der Waals surface area contributed by atoms with Gasteiger partial charge in [-0.15, -0.1) is 0 Å². The average Bonchev–Trinajstić information content (AvgIpc) is 2.47. The summed E-state index contributed by atoms with van der Waals surface area (Å²) in [4.78, 5) is 16.8. The first-order valence-corrected chi connectivity index (χ1v) is 9.49. The number of amides is 1. The third kappa shape index (κ3) is 2.90. The molecule has 0 aromatic heterocycles. The van der Waals surface area contributed by atoms with Crippen molar-refractivity contribution < 1.29 is 13.2 Å². The van der Waals surface area contributed by atoms with Crippen molar-refractivity contribution in [3.63, 3.8) is 0 Å². The maximum atomic E-state index is 12.8. The van der Waals surface area contributed by atoms with Crippen LogP contribution in [0.15, 0.2) is 18.2 Å². The van der Waals surface area contributed by atoms with Crippen LogP contribution in [0.2, 0.25) is 0 Å². The zero-order valence-electron chi connectivity index (χ0n) is 13.1. The highest BCUT2D eigenvalue weighted by molar-refractivity contribution is 7.91. The predicted octanol–water partition coefficient (Wildman–Crippen LogP) is 0.858. The van der Waals surface area contributed by atoms with Crippen LogP contribution in [0, 0.1) is 13.8 Å². The van der Waals surface area contributed by atoms with Crippen molar-refractivity contribution in [2.45, 2.75) is 19.9 Å². The summed E-state index contributed by atoms with van der Waals surface area (Å²) in [6.45, 7) is 6.49. The van der Waals surface area contributed by atoms with E-state index in [9.17, 15) is 13.2 Å². The second-order valence-corrected chi connectivity index (χ2v) is 8.53. The number of fused-ring (bicyclic) bond motifs is 1. The van der Waals surface area contributed by atoms with Gasteiger partial charge in [0.05, 0.1) is 11.5 Å². The topological polar surface area (TPSA) is 57.7 Å². The van der Waals surface area contributed by atoms with Crippen LogP contribution in [0.25, 0.3) is 0 Å². The number of piperazine rings is 1. The van der Waals surface area contributed by atoms with Crippen molar-refractivity contribution >= 4 is 15.7 Å². The summed E-state index contributed by atoms with van der Waals surface area (Å²) in [6.07, 6.45) is 0. The number of hydrogen-bond acceptors (Lipinski definition) is 4.